The molecule has 4 rings (SSSR count). The number of nitrogens with zero attached hydrogens (tertiary/aromatic N) is 2. The van der Waals surface area contributed by atoms with Crippen molar-refractivity contribution in [1.29, 1.82) is 0 Å². The molecule has 0 radical (unpaired) electrons. The molecule has 2 fully saturated rings. The summed E-state index contributed by atoms with van der Waals surface area (Å²) in [4.78, 5) is 64.1. The van der Waals surface area contributed by atoms with Crippen LogP contribution in [0.3, 0.4) is 0 Å². The van der Waals surface area contributed by atoms with Gasteiger partial charge in [0.25, 0.3) is 11.8 Å². The van der Waals surface area contributed by atoms with Gasteiger partial charge in [-0.1, -0.05) is 0 Å². The molecule has 0 spiro atoms. The smallest absolute Gasteiger partial charge is 0.410 e. The molecule has 0 saturated carbocycles. The minimum absolute atomic E-state index is 0.0696. The molecule has 0 bridgehead atoms. The third-order valence-corrected chi connectivity index (χ3v) is 5.81. The van der Waals surface area contributed by atoms with Crippen LogP contribution in [0.1, 0.15) is 67.2 Å². The molecular formula is C23H27N3O7. The maximum absolute atomic E-state index is 12.9. The molecule has 1 aromatic rings. The average molecular weight is 457 g/mol. The van der Waals surface area contributed by atoms with E-state index in [0.717, 1.165) is 4.90 Å². The number of carbonyl (C=O) groups excluding carboxylic acids is 5. The zero-order valence-electron chi connectivity index (χ0n) is 18.9. The SMILES string of the molecule is CC(C)(C)OC(=O)N1CCC(Oc2ccc3c(c2)C(=O)N(C2CCC(=O)NC2=O)C3=O)CC1. The second-order valence-electron chi connectivity index (χ2n) is 9.44. The number of hydrogen-bond donors (Lipinski definition) is 1. The third-order valence-electron chi connectivity index (χ3n) is 5.81. The van der Waals surface area contributed by atoms with Gasteiger partial charge in [0.1, 0.15) is 23.5 Å². The lowest BCUT2D eigenvalue weighted by molar-refractivity contribution is -0.136. The van der Waals surface area contributed by atoms with Crippen molar-refractivity contribution in [2.75, 3.05) is 13.1 Å². The Morgan fingerprint density at radius 2 is 1.67 bits per heavy atom. The quantitative estimate of drug-likeness (QED) is 0.688. The van der Waals surface area contributed by atoms with Gasteiger partial charge >= 0.3 is 6.09 Å². The lowest BCUT2D eigenvalue weighted by atomic mass is 10.0. The molecule has 0 aromatic heterocycles. The van der Waals surface area contributed by atoms with E-state index in [9.17, 15) is 24.0 Å². The first-order valence-corrected chi connectivity index (χ1v) is 11.0. The Hall–Kier alpha value is -3.43. The molecule has 1 atom stereocenters. The molecule has 3 heterocycles. The van der Waals surface area contributed by atoms with Crippen molar-refractivity contribution in [3.63, 3.8) is 0 Å². The molecule has 3 aliphatic heterocycles. The second kappa shape index (κ2) is 8.49. The molecule has 3 aliphatic rings. The van der Waals surface area contributed by atoms with Gasteiger partial charge in [-0.3, -0.25) is 29.4 Å². The topological polar surface area (TPSA) is 122 Å². The molecule has 0 aliphatic carbocycles. The van der Waals surface area contributed by atoms with Gasteiger partial charge in [-0.25, -0.2) is 4.79 Å². The number of nitrogens with one attached hydrogen (secondary N) is 1. The summed E-state index contributed by atoms with van der Waals surface area (Å²) in [6.45, 7) is 6.45. The van der Waals surface area contributed by atoms with Crippen LogP contribution in [0.25, 0.3) is 0 Å². The monoisotopic (exact) mass is 457 g/mol. The number of carbonyl (C=O) groups is 5. The lowest BCUT2D eigenvalue weighted by Gasteiger charge is -2.33. The van der Waals surface area contributed by atoms with Crippen LogP contribution in [0.4, 0.5) is 4.79 Å². The van der Waals surface area contributed by atoms with Crippen molar-refractivity contribution in [3.05, 3.63) is 29.3 Å². The Bertz CT molecular complexity index is 1020. The van der Waals surface area contributed by atoms with Crippen LogP contribution in [0.15, 0.2) is 18.2 Å². The van der Waals surface area contributed by atoms with Crippen molar-refractivity contribution >= 4 is 29.7 Å². The van der Waals surface area contributed by atoms with E-state index in [0.29, 0.717) is 31.7 Å². The van der Waals surface area contributed by atoms with Crippen molar-refractivity contribution in [2.24, 2.45) is 0 Å². The summed E-state index contributed by atoms with van der Waals surface area (Å²) in [5.74, 6) is -1.75. The summed E-state index contributed by atoms with van der Waals surface area (Å²) in [7, 11) is 0. The number of benzene rings is 1. The third kappa shape index (κ3) is 4.69. The number of rotatable bonds is 3. The van der Waals surface area contributed by atoms with E-state index in [4.69, 9.17) is 9.47 Å². The van der Waals surface area contributed by atoms with E-state index in [-0.39, 0.29) is 36.2 Å². The molecule has 2 saturated heterocycles. The first-order chi connectivity index (χ1) is 15.5. The molecule has 33 heavy (non-hydrogen) atoms. The molecule has 1 unspecified atom stereocenters. The van der Waals surface area contributed by atoms with Crippen molar-refractivity contribution in [3.8, 4) is 5.75 Å². The van der Waals surface area contributed by atoms with Crippen LogP contribution in [0, 0.1) is 0 Å². The normalized spacial score (nSPS) is 21.7. The van der Waals surface area contributed by atoms with E-state index in [1.54, 1.807) is 11.0 Å². The summed E-state index contributed by atoms with van der Waals surface area (Å²) in [5.41, 5.74) is -0.175. The van der Waals surface area contributed by atoms with E-state index in [2.05, 4.69) is 5.32 Å². The van der Waals surface area contributed by atoms with Crippen LogP contribution in [0.2, 0.25) is 0 Å². The molecule has 10 nitrogen and oxygen atoms in total. The highest BCUT2D eigenvalue weighted by atomic mass is 16.6. The fraction of sp³-hybridized carbons (Fsp3) is 0.522. The number of amides is 5. The number of hydrogen-bond acceptors (Lipinski definition) is 7. The van der Waals surface area contributed by atoms with Crippen molar-refractivity contribution in [1.82, 2.24) is 15.1 Å². The number of ether oxygens (including phenoxy) is 2. The zero-order chi connectivity index (χ0) is 23.9. The molecule has 5 amide bonds. The summed E-state index contributed by atoms with van der Waals surface area (Å²) in [6, 6.07) is 3.66. The van der Waals surface area contributed by atoms with Gasteiger partial charge in [0.05, 0.1) is 11.1 Å². The van der Waals surface area contributed by atoms with Gasteiger partial charge in [0.2, 0.25) is 11.8 Å². The second-order valence-corrected chi connectivity index (χ2v) is 9.44. The maximum atomic E-state index is 12.9. The predicted octanol–water partition coefficient (Wildman–Crippen LogP) is 1.87. The van der Waals surface area contributed by atoms with Gasteiger partial charge in [0, 0.05) is 32.4 Å². The zero-order valence-corrected chi connectivity index (χ0v) is 18.9. The van der Waals surface area contributed by atoms with E-state index in [1.165, 1.54) is 12.1 Å². The van der Waals surface area contributed by atoms with Crippen LogP contribution >= 0.6 is 0 Å². The van der Waals surface area contributed by atoms with E-state index < -0.39 is 35.3 Å². The van der Waals surface area contributed by atoms with Gasteiger partial charge < -0.3 is 14.4 Å². The van der Waals surface area contributed by atoms with Gasteiger partial charge in [0.15, 0.2) is 0 Å². The average Bonchev–Trinajstić information content (AvgIpc) is 2.97. The molecule has 1 aromatic carbocycles. The summed E-state index contributed by atoms with van der Waals surface area (Å²) in [6.07, 6.45) is 0.879. The summed E-state index contributed by atoms with van der Waals surface area (Å²) < 4.78 is 11.4. The Labute approximate surface area is 191 Å². The fourth-order valence-corrected chi connectivity index (χ4v) is 4.20. The summed E-state index contributed by atoms with van der Waals surface area (Å²) >= 11 is 0. The van der Waals surface area contributed by atoms with E-state index >= 15 is 0 Å². The fourth-order valence-electron chi connectivity index (χ4n) is 4.20. The highest BCUT2D eigenvalue weighted by Gasteiger charge is 2.44. The first-order valence-electron chi connectivity index (χ1n) is 11.0. The van der Waals surface area contributed by atoms with Crippen molar-refractivity contribution in [2.45, 2.75) is 64.2 Å². The Morgan fingerprint density at radius 3 is 2.30 bits per heavy atom. The van der Waals surface area contributed by atoms with E-state index in [1.807, 2.05) is 20.8 Å². The maximum Gasteiger partial charge on any atom is 0.410 e. The predicted molar refractivity (Wildman–Crippen MR) is 115 cm³/mol. The van der Waals surface area contributed by atoms with Gasteiger partial charge in [-0.15, -0.1) is 0 Å². The standard InChI is InChI=1S/C23H27N3O7/c1-23(2,3)33-22(31)25-10-8-13(9-11-25)32-14-4-5-15-16(12-14)21(30)26(20(15)29)17-6-7-18(27)24-19(17)28/h4-5,12-13,17H,6-11H2,1-3H3,(H,24,27,28). The molecule has 10 heteroatoms. The minimum Gasteiger partial charge on any atom is -0.490 e. The molecule has 176 valence electrons. The molecule has 1 N–H and O–H groups in total. The highest BCUT2D eigenvalue weighted by molar-refractivity contribution is 6.23. The lowest BCUT2D eigenvalue weighted by Crippen LogP contribution is -2.54. The number of imide groups is 2. The minimum atomic E-state index is -1.00. The largest absolute Gasteiger partial charge is 0.490 e. The highest BCUT2D eigenvalue weighted by Crippen LogP contribution is 2.31. The van der Waals surface area contributed by atoms with Gasteiger partial charge in [-0.2, -0.15) is 0 Å². The Kier molecular flexibility index (Phi) is 5.85. The van der Waals surface area contributed by atoms with Crippen LogP contribution < -0.4 is 10.1 Å². The first kappa shape index (κ1) is 22.8. The summed E-state index contributed by atoms with van der Waals surface area (Å²) in [5, 5.41) is 2.18. The Morgan fingerprint density at radius 1 is 1.00 bits per heavy atom. The number of likely N-dealkylation sites (tertiary alicyclic amines) is 1. The number of piperidine rings is 2. The van der Waals surface area contributed by atoms with Crippen molar-refractivity contribution < 1.29 is 33.4 Å². The number of fused-ring (bicyclic) bond motifs is 1. The van der Waals surface area contributed by atoms with Crippen LogP contribution in [-0.2, 0) is 14.3 Å². The Balaban J connectivity index is 1.39. The van der Waals surface area contributed by atoms with Crippen LogP contribution in [-0.4, -0.2) is 70.4 Å². The molecular weight excluding hydrogens is 430 g/mol. The van der Waals surface area contributed by atoms with Crippen LogP contribution in [0.5, 0.6) is 5.75 Å². The van der Waals surface area contributed by atoms with Gasteiger partial charge in [-0.05, 0) is 45.4 Å².